The van der Waals surface area contributed by atoms with E-state index in [9.17, 15) is 18.8 Å². The van der Waals surface area contributed by atoms with Gasteiger partial charge in [0.2, 0.25) is 5.91 Å². The highest BCUT2D eigenvalue weighted by Gasteiger charge is 2.49. The number of carbonyl (C=O) groups excluding carboxylic acids is 3. The van der Waals surface area contributed by atoms with Crippen LogP contribution in [0.5, 0.6) is 0 Å². The minimum atomic E-state index is -1.37. The lowest BCUT2D eigenvalue weighted by molar-refractivity contribution is -0.135. The first-order chi connectivity index (χ1) is 16.3. The minimum Gasteiger partial charge on any atom is -0.343 e. The second-order valence-corrected chi connectivity index (χ2v) is 9.44. The Morgan fingerprint density at radius 3 is 2.44 bits per heavy atom. The van der Waals surface area contributed by atoms with E-state index in [4.69, 9.17) is 0 Å². The van der Waals surface area contributed by atoms with Crippen LogP contribution < -0.4 is 10.6 Å². The molecule has 176 valence electrons. The molecule has 1 aromatic heterocycles. The maximum Gasteiger partial charge on any atom is 0.325 e. The quantitative estimate of drug-likeness (QED) is 0.467. The molecule has 1 aliphatic rings. The number of rotatable bonds is 8. The van der Waals surface area contributed by atoms with Gasteiger partial charge in [0.05, 0.1) is 6.04 Å². The smallest absolute Gasteiger partial charge is 0.325 e. The van der Waals surface area contributed by atoms with Crippen LogP contribution in [-0.4, -0.2) is 29.3 Å². The highest BCUT2D eigenvalue weighted by atomic mass is 32.1. The molecule has 2 unspecified atom stereocenters. The highest BCUT2D eigenvalue weighted by Crippen LogP contribution is 2.30. The van der Waals surface area contributed by atoms with Crippen LogP contribution in [0.3, 0.4) is 0 Å². The van der Waals surface area contributed by atoms with Gasteiger partial charge in [0, 0.05) is 4.88 Å². The molecule has 0 radical (unpaired) electrons. The number of aryl methyl sites for hydroxylation is 1. The van der Waals surface area contributed by atoms with Gasteiger partial charge in [0.1, 0.15) is 17.9 Å². The fourth-order valence-corrected chi connectivity index (χ4v) is 4.91. The van der Waals surface area contributed by atoms with E-state index in [1.54, 1.807) is 6.92 Å². The Kier molecular flexibility index (Phi) is 6.79. The number of nitrogens with zero attached hydrogens (tertiary/aromatic N) is 1. The molecule has 8 heteroatoms. The average molecular weight is 480 g/mol. The van der Waals surface area contributed by atoms with Crippen molar-refractivity contribution in [1.29, 1.82) is 0 Å². The summed E-state index contributed by atoms with van der Waals surface area (Å²) in [6.07, 6.45) is 2.03. The number of halogens is 1. The number of amides is 4. The predicted molar refractivity (Wildman–Crippen MR) is 129 cm³/mol. The summed E-state index contributed by atoms with van der Waals surface area (Å²) in [5.41, 5.74) is 1.22. The van der Waals surface area contributed by atoms with Crippen LogP contribution in [0.4, 0.5) is 9.18 Å². The van der Waals surface area contributed by atoms with Gasteiger partial charge in [-0.25, -0.2) is 9.18 Å². The molecule has 2 N–H and O–H groups in total. The Morgan fingerprint density at radius 2 is 1.82 bits per heavy atom. The molecule has 0 spiro atoms. The summed E-state index contributed by atoms with van der Waals surface area (Å²) in [5, 5.41) is 7.55. The van der Waals surface area contributed by atoms with Crippen molar-refractivity contribution in [3.8, 4) is 0 Å². The molecule has 2 heterocycles. The van der Waals surface area contributed by atoms with Gasteiger partial charge in [-0.05, 0) is 53.6 Å². The summed E-state index contributed by atoms with van der Waals surface area (Å²) in [7, 11) is 0. The fourth-order valence-electron chi connectivity index (χ4n) is 4.11. The highest BCUT2D eigenvalue weighted by molar-refractivity contribution is 7.10. The molecule has 1 aliphatic heterocycles. The normalized spacial score (nSPS) is 18.6. The van der Waals surface area contributed by atoms with E-state index in [2.05, 4.69) is 29.7 Å². The first kappa shape index (κ1) is 23.6. The molecule has 1 fully saturated rings. The van der Waals surface area contributed by atoms with Crippen molar-refractivity contribution < 1.29 is 18.8 Å². The molecule has 0 bridgehead atoms. The topological polar surface area (TPSA) is 78.5 Å². The standard InChI is InChI=1S/C26H26FN3O3S/c1-3-5-17-7-9-18(10-8-17)23(21-6-4-15-34-21)28-22(31)16-30-24(32)26(2,29-25(30)33)19-11-13-20(27)14-12-19/h4,6-15,23H,3,5,16H2,1-2H3,(H,28,31)(H,29,33). The van der Waals surface area contributed by atoms with Gasteiger partial charge in [-0.1, -0.05) is 55.8 Å². The van der Waals surface area contributed by atoms with Crippen molar-refractivity contribution in [2.45, 2.75) is 38.3 Å². The summed E-state index contributed by atoms with van der Waals surface area (Å²) >= 11 is 1.52. The van der Waals surface area contributed by atoms with Crippen LogP contribution in [-0.2, 0) is 21.5 Å². The summed E-state index contributed by atoms with van der Waals surface area (Å²) < 4.78 is 13.3. The van der Waals surface area contributed by atoms with Crippen LogP contribution in [0.2, 0.25) is 0 Å². The van der Waals surface area contributed by atoms with Crippen molar-refractivity contribution in [2.24, 2.45) is 0 Å². The molecule has 3 aromatic rings. The fraction of sp³-hybridized carbons (Fsp3) is 0.269. The lowest BCUT2D eigenvalue weighted by Gasteiger charge is -2.23. The summed E-state index contributed by atoms with van der Waals surface area (Å²) in [5.74, 6) is -1.46. The zero-order chi connectivity index (χ0) is 24.3. The second kappa shape index (κ2) is 9.77. The number of benzene rings is 2. The number of hydrogen-bond acceptors (Lipinski definition) is 4. The third kappa shape index (κ3) is 4.72. The number of hydrogen-bond donors (Lipinski definition) is 2. The summed E-state index contributed by atoms with van der Waals surface area (Å²) in [6.45, 7) is 3.25. The number of nitrogens with one attached hydrogen (secondary N) is 2. The molecular weight excluding hydrogens is 453 g/mol. The van der Waals surface area contributed by atoms with Gasteiger partial charge in [-0.3, -0.25) is 14.5 Å². The van der Waals surface area contributed by atoms with Crippen molar-refractivity contribution in [3.05, 3.63) is 93.4 Å². The van der Waals surface area contributed by atoms with Crippen molar-refractivity contribution in [1.82, 2.24) is 15.5 Å². The summed E-state index contributed by atoms with van der Waals surface area (Å²) in [4.78, 5) is 40.6. The van der Waals surface area contributed by atoms with Gasteiger partial charge in [0.25, 0.3) is 5.91 Å². The van der Waals surface area contributed by atoms with Gasteiger partial charge in [0.15, 0.2) is 0 Å². The number of carbonyl (C=O) groups is 3. The maximum atomic E-state index is 13.3. The van der Waals surface area contributed by atoms with Crippen LogP contribution in [0.15, 0.2) is 66.0 Å². The van der Waals surface area contributed by atoms with E-state index in [1.807, 2.05) is 29.6 Å². The van der Waals surface area contributed by atoms with Gasteiger partial charge >= 0.3 is 6.03 Å². The third-order valence-corrected chi connectivity index (χ3v) is 6.92. The molecule has 1 saturated heterocycles. The molecule has 2 aromatic carbocycles. The van der Waals surface area contributed by atoms with E-state index < -0.39 is 41.8 Å². The van der Waals surface area contributed by atoms with E-state index in [-0.39, 0.29) is 0 Å². The monoisotopic (exact) mass is 479 g/mol. The van der Waals surface area contributed by atoms with Crippen molar-refractivity contribution in [2.75, 3.05) is 6.54 Å². The van der Waals surface area contributed by atoms with E-state index in [0.29, 0.717) is 5.56 Å². The van der Waals surface area contributed by atoms with Crippen molar-refractivity contribution in [3.63, 3.8) is 0 Å². The Balaban J connectivity index is 1.51. The predicted octanol–water partition coefficient (Wildman–Crippen LogP) is 4.51. The van der Waals surface area contributed by atoms with Crippen molar-refractivity contribution >= 4 is 29.2 Å². The molecular formula is C26H26FN3O3S. The molecule has 2 atom stereocenters. The lowest BCUT2D eigenvalue weighted by Crippen LogP contribution is -2.44. The average Bonchev–Trinajstić information content (AvgIpc) is 3.42. The summed E-state index contributed by atoms with van der Waals surface area (Å²) in [6, 6.07) is 16.2. The molecule has 6 nitrogen and oxygen atoms in total. The Morgan fingerprint density at radius 1 is 1.12 bits per heavy atom. The van der Waals surface area contributed by atoms with Gasteiger partial charge in [-0.15, -0.1) is 11.3 Å². The second-order valence-electron chi connectivity index (χ2n) is 8.46. The van der Waals surface area contributed by atoms with Gasteiger partial charge in [-0.2, -0.15) is 0 Å². The van der Waals surface area contributed by atoms with Crippen LogP contribution >= 0.6 is 11.3 Å². The van der Waals surface area contributed by atoms with E-state index in [0.717, 1.165) is 28.2 Å². The van der Waals surface area contributed by atoms with Crippen LogP contribution in [0, 0.1) is 5.82 Å². The molecule has 34 heavy (non-hydrogen) atoms. The molecule has 0 saturated carbocycles. The lowest BCUT2D eigenvalue weighted by atomic mass is 9.92. The molecule has 4 amide bonds. The Bertz CT molecular complexity index is 1180. The Hall–Kier alpha value is -3.52. The third-order valence-electron chi connectivity index (χ3n) is 5.98. The largest absolute Gasteiger partial charge is 0.343 e. The van der Waals surface area contributed by atoms with E-state index in [1.165, 1.54) is 41.2 Å². The first-order valence-corrected chi connectivity index (χ1v) is 12.0. The van der Waals surface area contributed by atoms with E-state index >= 15 is 0 Å². The van der Waals surface area contributed by atoms with Crippen LogP contribution in [0.1, 0.15) is 47.9 Å². The SMILES string of the molecule is CCCc1ccc(C(NC(=O)CN2C(=O)NC(C)(c3ccc(F)cc3)C2=O)c2cccs2)cc1. The number of urea groups is 1. The Labute approximate surface area is 201 Å². The number of imide groups is 1. The van der Waals surface area contributed by atoms with Gasteiger partial charge < -0.3 is 10.6 Å². The molecule has 0 aliphatic carbocycles. The number of thiophene rings is 1. The zero-order valence-electron chi connectivity index (χ0n) is 19.0. The maximum absolute atomic E-state index is 13.3. The van der Waals surface area contributed by atoms with Crippen LogP contribution in [0.25, 0.3) is 0 Å². The first-order valence-electron chi connectivity index (χ1n) is 11.1. The zero-order valence-corrected chi connectivity index (χ0v) is 19.8. The minimum absolute atomic E-state index is 0.396. The molecule has 4 rings (SSSR count).